The van der Waals surface area contributed by atoms with Crippen molar-refractivity contribution in [1.82, 2.24) is 0 Å². The summed E-state index contributed by atoms with van der Waals surface area (Å²) >= 11 is 0. The number of nitriles is 1. The normalized spacial score (nSPS) is 21.6. The molecule has 0 N–H and O–H groups in total. The van der Waals surface area contributed by atoms with Crippen LogP contribution in [0.25, 0.3) is 0 Å². The van der Waals surface area contributed by atoms with E-state index in [-0.39, 0.29) is 5.82 Å². The highest BCUT2D eigenvalue weighted by atomic mass is 19.1. The van der Waals surface area contributed by atoms with Gasteiger partial charge in [0.1, 0.15) is 11.9 Å². The summed E-state index contributed by atoms with van der Waals surface area (Å²) in [5.41, 5.74) is 1.17. The predicted octanol–water partition coefficient (Wildman–Crippen LogP) is 2.04. The minimum Gasteiger partial charge on any atom is -0.370 e. The van der Waals surface area contributed by atoms with Crippen molar-refractivity contribution < 1.29 is 13.9 Å². The summed E-state index contributed by atoms with van der Waals surface area (Å²) in [6.07, 6.45) is 1.55. The number of piperidine rings is 1. The van der Waals surface area contributed by atoms with Crippen molar-refractivity contribution in [3.63, 3.8) is 0 Å². The standard InChI is InChI=1S/C14H15FN2O2/c15-12-1-2-13(11(9-12)10-16)17-5-3-14(4-6-17)18-7-8-19-14/h1-2,9H,3-8H2. The first kappa shape index (κ1) is 12.4. The van der Waals surface area contributed by atoms with E-state index < -0.39 is 5.79 Å². The first-order valence-corrected chi connectivity index (χ1v) is 6.45. The maximum absolute atomic E-state index is 13.1. The van der Waals surface area contributed by atoms with Gasteiger partial charge < -0.3 is 14.4 Å². The van der Waals surface area contributed by atoms with Crippen molar-refractivity contribution in [3.05, 3.63) is 29.6 Å². The summed E-state index contributed by atoms with van der Waals surface area (Å²) in [5, 5.41) is 9.09. The highest BCUT2D eigenvalue weighted by molar-refractivity contribution is 5.59. The molecule has 4 nitrogen and oxygen atoms in total. The molecule has 0 saturated carbocycles. The molecule has 1 aromatic carbocycles. The van der Waals surface area contributed by atoms with Crippen LogP contribution in [0.1, 0.15) is 18.4 Å². The molecule has 100 valence electrons. The van der Waals surface area contributed by atoms with Crippen LogP contribution in [0.4, 0.5) is 10.1 Å². The molecule has 0 bridgehead atoms. The summed E-state index contributed by atoms with van der Waals surface area (Å²) in [6.45, 7) is 2.81. The molecule has 0 aliphatic carbocycles. The van der Waals surface area contributed by atoms with E-state index in [1.54, 1.807) is 6.07 Å². The van der Waals surface area contributed by atoms with E-state index >= 15 is 0 Å². The van der Waals surface area contributed by atoms with E-state index in [0.29, 0.717) is 18.8 Å². The first-order valence-electron chi connectivity index (χ1n) is 6.45. The Morgan fingerprint density at radius 3 is 2.53 bits per heavy atom. The zero-order chi connectivity index (χ0) is 13.3. The van der Waals surface area contributed by atoms with Gasteiger partial charge in [-0.25, -0.2) is 4.39 Å². The van der Waals surface area contributed by atoms with Crippen molar-refractivity contribution in [2.24, 2.45) is 0 Å². The summed E-state index contributed by atoms with van der Waals surface area (Å²) in [6, 6.07) is 6.39. The lowest BCUT2D eigenvalue weighted by atomic mass is 10.0. The second kappa shape index (κ2) is 4.80. The molecule has 1 aromatic rings. The second-order valence-electron chi connectivity index (χ2n) is 4.87. The fraction of sp³-hybridized carbons (Fsp3) is 0.500. The van der Waals surface area contributed by atoms with Gasteiger partial charge in [0, 0.05) is 25.9 Å². The van der Waals surface area contributed by atoms with Crippen LogP contribution in [0.2, 0.25) is 0 Å². The van der Waals surface area contributed by atoms with Gasteiger partial charge in [0.05, 0.1) is 24.5 Å². The Morgan fingerprint density at radius 1 is 1.21 bits per heavy atom. The molecule has 0 atom stereocenters. The molecule has 0 aromatic heterocycles. The summed E-state index contributed by atoms with van der Waals surface area (Å²) in [7, 11) is 0. The molecule has 0 radical (unpaired) electrons. The fourth-order valence-corrected chi connectivity index (χ4v) is 2.75. The number of nitrogens with zero attached hydrogens (tertiary/aromatic N) is 2. The van der Waals surface area contributed by atoms with Crippen LogP contribution in [0.3, 0.4) is 0 Å². The third-order valence-electron chi connectivity index (χ3n) is 3.76. The third-order valence-corrected chi connectivity index (χ3v) is 3.76. The topological polar surface area (TPSA) is 45.5 Å². The molecule has 2 aliphatic heterocycles. The van der Waals surface area contributed by atoms with Crippen LogP contribution in [-0.2, 0) is 9.47 Å². The lowest BCUT2D eigenvalue weighted by molar-refractivity contribution is -0.169. The number of hydrogen-bond donors (Lipinski definition) is 0. The van der Waals surface area contributed by atoms with Crippen LogP contribution in [0, 0.1) is 17.1 Å². The number of rotatable bonds is 1. The van der Waals surface area contributed by atoms with Gasteiger partial charge in [-0.3, -0.25) is 0 Å². The Kier molecular flexibility index (Phi) is 3.13. The minimum absolute atomic E-state index is 0.378. The monoisotopic (exact) mass is 262 g/mol. The van der Waals surface area contributed by atoms with E-state index in [0.717, 1.165) is 31.6 Å². The van der Waals surface area contributed by atoms with Crippen molar-refractivity contribution in [2.75, 3.05) is 31.2 Å². The number of ether oxygens (including phenoxy) is 2. The molecule has 3 rings (SSSR count). The van der Waals surface area contributed by atoms with E-state index in [4.69, 9.17) is 14.7 Å². The number of anilines is 1. The van der Waals surface area contributed by atoms with E-state index in [1.807, 2.05) is 0 Å². The molecule has 2 fully saturated rings. The van der Waals surface area contributed by atoms with Gasteiger partial charge in [-0.15, -0.1) is 0 Å². The van der Waals surface area contributed by atoms with E-state index in [1.165, 1.54) is 12.1 Å². The summed E-state index contributed by atoms with van der Waals surface area (Å²) in [4.78, 5) is 2.09. The van der Waals surface area contributed by atoms with Crippen LogP contribution < -0.4 is 4.90 Å². The maximum atomic E-state index is 13.1. The van der Waals surface area contributed by atoms with Gasteiger partial charge in [-0.2, -0.15) is 5.26 Å². The molecule has 2 saturated heterocycles. The van der Waals surface area contributed by atoms with Crippen molar-refractivity contribution in [1.29, 1.82) is 5.26 Å². The zero-order valence-corrected chi connectivity index (χ0v) is 10.6. The Bertz CT molecular complexity index is 511. The molecule has 1 spiro atoms. The maximum Gasteiger partial charge on any atom is 0.171 e. The highest BCUT2D eigenvalue weighted by Gasteiger charge is 2.40. The minimum atomic E-state index is -0.427. The average molecular weight is 262 g/mol. The highest BCUT2D eigenvalue weighted by Crippen LogP contribution is 2.34. The van der Waals surface area contributed by atoms with Crippen molar-refractivity contribution in [2.45, 2.75) is 18.6 Å². The number of hydrogen-bond acceptors (Lipinski definition) is 4. The van der Waals surface area contributed by atoms with Crippen LogP contribution in [0.5, 0.6) is 0 Å². The molecule has 0 amide bonds. The molecule has 2 heterocycles. The predicted molar refractivity (Wildman–Crippen MR) is 67.2 cm³/mol. The van der Waals surface area contributed by atoms with Gasteiger partial charge in [-0.05, 0) is 18.2 Å². The van der Waals surface area contributed by atoms with Gasteiger partial charge in [0.25, 0.3) is 0 Å². The largest absolute Gasteiger partial charge is 0.370 e. The molecule has 19 heavy (non-hydrogen) atoms. The van der Waals surface area contributed by atoms with E-state index in [2.05, 4.69) is 11.0 Å². The molecule has 2 aliphatic rings. The Morgan fingerprint density at radius 2 is 1.89 bits per heavy atom. The summed E-state index contributed by atoms with van der Waals surface area (Å²) < 4.78 is 24.5. The SMILES string of the molecule is N#Cc1cc(F)ccc1N1CCC2(CC1)OCCO2. The van der Waals surface area contributed by atoms with Gasteiger partial charge in [0.2, 0.25) is 0 Å². The van der Waals surface area contributed by atoms with Gasteiger partial charge in [0.15, 0.2) is 5.79 Å². The molecule has 0 unspecified atom stereocenters. The van der Waals surface area contributed by atoms with Gasteiger partial charge >= 0.3 is 0 Å². The Hall–Kier alpha value is -1.64. The fourth-order valence-electron chi connectivity index (χ4n) is 2.75. The van der Waals surface area contributed by atoms with Crippen LogP contribution in [0.15, 0.2) is 18.2 Å². The lowest BCUT2D eigenvalue weighted by Gasteiger charge is -2.38. The van der Waals surface area contributed by atoms with Crippen molar-refractivity contribution in [3.8, 4) is 6.07 Å². The molecule has 5 heteroatoms. The van der Waals surface area contributed by atoms with Crippen molar-refractivity contribution >= 4 is 5.69 Å². The lowest BCUT2D eigenvalue weighted by Crippen LogP contribution is -2.45. The third kappa shape index (κ3) is 2.29. The van der Waals surface area contributed by atoms with Gasteiger partial charge in [-0.1, -0.05) is 0 Å². The number of halogens is 1. The zero-order valence-electron chi connectivity index (χ0n) is 10.6. The molecular formula is C14H15FN2O2. The average Bonchev–Trinajstić information content (AvgIpc) is 2.88. The molecular weight excluding hydrogens is 247 g/mol. The Labute approximate surface area is 111 Å². The summed E-state index contributed by atoms with van der Waals surface area (Å²) in [5.74, 6) is -0.806. The Balaban J connectivity index is 1.77. The number of benzene rings is 1. The smallest absolute Gasteiger partial charge is 0.171 e. The van der Waals surface area contributed by atoms with Crippen LogP contribution in [-0.4, -0.2) is 32.1 Å². The first-order chi connectivity index (χ1) is 9.22. The quantitative estimate of drug-likeness (QED) is 0.777. The van der Waals surface area contributed by atoms with E-state index in [9.17, 15) is 4.39 Å². The van der Waals surface area contributed by atoms with Crippen LogP contribution >= 0.6 is 0 Å². The second-order valence-corrected chi connectivity index (χ2v) is 4.87.